The minimum absolute atomic E-state index is 0.00947. The van der Waals surface area contributed by atoms with Gasteiger partial charge in [-0.05, 0) is 35.7 Å². The molecule has 11 heteroatoms. The van der Waals surface area contributed by atoms with Crippen molar-refractivity contribution in [3.8, 4) is 11.8 Å². The summed E-state index contributed by atoms with van der Waals surface area (Å²) in [5.74, 6) is -0.658. The summed E-state index contributed by atoms with van der Waals surface area (Å²) in [5.41, 5.74) is 1.29. The first kappa shape index (κ1) is 23.7. The molecule has 0 aliphatic rings. The Balaban J connectivity index is 1.60. The standard InChI is InChI=1S/C22H19F4N5O2/c1-2-15-9-14(3-6-19(15)33-13-22(24,25)26)10-21(32)29-20-7-8-31(30-20)12-16-4-5-17(23)18(11-27)28-16/h3-9H,2,10,12-13H2,1H3,(H,29,30,32). The van der Waals surface area contributed by atoms with Crippen molar-refractivity contribution < 1.29 is 27.1 Å². The molecule has 1 aromatic carbocycles. The first-order valence-electron chi connectivity index (χ1n) is 9.87. The van der Waals surface area contributed by atoms with Crippen LogP contribution in [0, 0.1) is 17.1 Å². The maximum absolute atomic E-state index is 13.4. The molecule has 0 aliphatic carbocycles. The van der Waals surface area contributed by atoms with E-state index in [0.717, 1.165) is 6.07 Å². The fourth-order valence-corrected chi connectivity index (χ4v) is 3.02. The molecule has 1 N–H and O–H groups in total. The summed E-state index contributed by atoms with van der Waals surface area (Å²) in [6.07, 6.45) is -2.41. The summed E-state index contributed by atoms with van der Waals surface area (Å²) in [6, 6.07) is 10.4. The molecule has 0 atom stereocenters. The second-order valence-electron chi connectivity index (χ2n) is 7.07. The van der Waals surface area contributed by atoms with Crippen LogP contribution in [0.25, 0.3) is 0 Å². The lowest BCUT2D eigenvalue weighted by Gasteiger charge is -2.13. The van der Waals surface area contributed by atoms with Crippen molar-refractivity contribution in [3.05, 3.63) is 70.9 Å². The summed E-state index contributed by atoms with van der Waals surface area (Å²) in [7, 11) is 0. The van der Waals surface area contributed by atoms with Crippen LogP contribution in [0.1, 0.15) is 29.4 Å². The number of carbonyl (C=O) groups excluding carboxylic acids is 1. The fraction of sp³-hybridized carbons (Fsp3) is 0.273. The van der Waals surface area contributed by atoms with Crippen molar-refractivity contribution >= 4 is 11.7 Å². The van der Waals surface area contributed by atoms with Gasteiger partial charge in [-0.3, -0.25) is 9.48 Å². The number of alkyl halides is 3. The van der Waals surface area contributed by atoms with Gasteiger partial charge in [0.1, 0.15) is 11.8 Å². The molecule has 0 saturated carbocycles. The number of halogens is 4. The predicted octanol–water partition coefficient (Wildman–Crippen LogP) is 4.02. The van der Waals surface area contributed by atoms with E-state index >= 15 is 0 Å². The van der Waals surface area contributed by atoms with Gasteiger partial charge in [-0.25, -0.2) is 9.37 Å². The Morgan fingerprint density at radius 1 is 1.24 bits per heavy atom. The van der Waals surface area contributed by atoms with Gasteiger partial charge >= 0.3 is 6.18 Å². The summed E-state index contributed by atoms with van der Waals surface area (Å²) in [5, 5.41) is 15.7. The smallest absolute Gasteiger partial charge is 0.422 e. The average Bonchev–Trinajstić information content (AvgIpc) is 3.19. The molecule has 33 heavy (non-hydrogen) atoms. The zero-order valence-corrected chi connectivity index (χ0v) is 17.5. The number of pyridine rings is 1. The zero-order chi connectivity index (χ0) is 24.0. The van der Waals surface area contributed by atoms with Crippen molar-refractivity contribution in [1.29, 1.82) is 5.26 Å². The zero-order valence-electron chi connectivity index (χ0n) is 17.5. The number of aromatic nitrogens is 3. The summed E-state index contributed by atoms with van der Waals surface area (Å²) >= 11 is 0. The number of rotatable bonds is 8. The highest BCUT2D eigenvalue weighted by atomic mass is 19.4. The number of nitriles is 1. The maximum Gasteiger partial charge on any atom is 0.422 e. The van der Waals surface area contributed by atoms with Gasteiger partial charge < -0.3 is 10.1 Å². The van der Waals surface area contributed by atoms with Gasteiger partial charge in [-0.2, -0.15) is 23.5 Å². The van der Waals surface area contributed by atoms with Crippen LogP contribution in [0.2, 0.25) is 0 Å². The van der Waals surface area contributed by atoms with E-state index in [1.807, 2.05) is 0 Å². The van der Waals surface area contributed by atoms with Gasteiger partial charge in [0, 0.05) is 12.3 Å². The third-order valence-electron chi connectivity index (χ3n) is 4.50. The molecule has 0 saturated heterocycles. The van der Waals surface area contributed by atoms with E-state index < -0.39 is 18.6 Å². The van der Waals surface area contributed by atoms with Gasteiger partial charge in [-0.1, -0.05) is 19.1 Å². The average molecular weight is 461 g/mol. The third kappa shape index (κ3) is 6.77. The van der Waals surface area contributed by atoms with E-state index in [9.17, 15) is 22.4 Å². The second kappa shape index (κ2) is 10.1. The van der Waals surface area contributed by atoms with Crippen molar-refractivity contribution in [1.82, 2.24) is 14.8 Å². The Labute approximate surface area is 186 Å². The Morgan fingerprint density at radius 2 is 2.03 bits per heavy atom. The van der Waals surface area contributed by atoms with Crippen LogP contribution in [0.5, 0.6) is 5.75 Å². The van der Waals surface area contributed by atoms with Crippen LogP contribution in [-0.2, 0) is 24.2 Å². The van der Waals surface area contributed by atoms with Crippen LogP contribution in [0.3, 0.4) is 0 Å². The van der Waals surface area contributed by atoms with Gasteiger partial charge in [0.15, 0.2) is 23.9 Å². The molecular formula is C22H19F4N5O2. The first-order chi connectivity index (χ1) is 15.7. The van der Waals surface area contributed by atoms with E-state index in [4.69, 9.17) is 10.00 Å². The third-order valence-corrected chi connectivity index (χ3v) is 4.50. The normalized spacial score (nSPS) is 11.2. The highest BCUT2D eigenvalue weighted by molar-refractivity contribution is 5.91. The molecule has 1 amide bonds. The minimum atomic E-state index is -4.43. The molecule has 2 heterocycles. The SMILES string of the molecule is CCc1cc(CC(=O)Nc2ccn(Cc3ccc(F)c(C#N)n3)n2)ccc1OCC(F)(F)F. The Bertz CT molecular complexity index is 1180. The van der Waals surface area contributed by atoms with Crippen LogP contribution in [0.4, 0.5) is 23.4 Å². The second-order valence-corrected chi connectivity index (χ2v) is 7.07. The molecule has 2 aromatic heterocycles. The van der Waals surface area contributed by atoms with Gasteiger partial charge in [0.25, 0.3) is 0 Å². The lowest BCUT2D eigenvalue weighted by atomic mass is 10.0. The number of aryl methyl sites for hydroxylation is 1. The molecule has 0 aliphatic heterocycles. The number of amides is 1. The first-order valence-corrected chi connectivity index (χ1v) is 9.87. The highest BCUT2D eigenvalue weighted by Gasteiger charge is 2.28. The van der Waals surface area contributed by atoms with Crippen LogP contribution >= 0.6 is 0 Å². The van der Waals surface area contributed by atoms with Crippen molar-refractivity contribution in [3.63, 3.8) is 0 Å². The Morgan fingerprint density at radius 3 is 2.73 bits per heavy atom. The molecule has 0 spiro atoms. The van der Waals surface area contributed by atoms with Crippen molar-refractivity contribution in [2.24, 2.45) is 0 Å². The number of benzene rings is 1. The number of nitrogens with zero attached hydrogens (tertiary/aromatic N) is 4. The lowest BCUT2D eigenvalue weighted by molar-refractivity contribution is -0.153. The summed E-state index contributed by atoms with van der Waals surface area (Å²) in [6.45, 7) is 0.569. The molecule has 3 aromatic rings. The van der Waals surface area contributed by atoms with E-state index in [2.05, 4.69) is 15.4 Å². The number of hydrogen-bond donors (Lipinski definition) is 1. The van der Waals surface area contributed by atoms with Crippen LogP contribution < -0.4 is 10.1 Å². The summed E-state index contributed by atoms with van der Waals surface area (Å²) < 4.78 is 56.9. The van der Waals surface area contributed by atoms with E-state index in [1.165, 1.54) is 22.9 Å². The lowest BCUT2D eigenvalue weighted by Crippen LogP contribution is -2.20. The Kier molecular flexibility index (Phi) is 7.27. The molecular weight excluding hydrogens is 442 g/mol. The van der Waals surface area contributed by atoms with Gasteiger partial charge in [-0.15, -0.1) is 0 Å². The molecule has 7 nitrogen and oxygen atoms in total. The highest BCUT2D eigenvalue weighted by Crippen LogP contribution is 2.24. The van der Waals surface area contributed by atoms with Gasteiger partial charge in [0.2, 0.25) is 5.91 Å². The van der Waals surface area contributed by atoms with E-state index in [1.54, 1.807) is 31.3 Å². The quantitative estimate of drug-likeness (QED) is 0.512. The van der Waals surface area contributed by atoms with E-state index in [0.29, 0.717) is 23.2 Å². The largest absolute Gasteiger partial charge is 0.484 e. The monoisotopic (exact) mass is 461 g/mol. The topological polar surface area (TPSA) is 92.8 Å². The molecule has 0 fully saturated rings. The van der Waals surface area contributed by atoms with Crippen molar-refractivity contribution in [2.45, 2.75) is 32.5 Å². The number of nitrogens with one attached hydrogen (secondary N) is 1. The number of anilines is 1. The fourth-order valence-electron chi connectivity index (χ4n) is 3.02. The van der Waals surface area contributed by atoms with Crippen molar-refractivity contribution in [2.75, 3.05) is 11.9 Å². The predicted molar refractivity (Wildman–Crippen MR) is 110 cm³/mol. The number of carbonyl (C=O) groups is 1. The van der Waals surface area contributed by atoms with Crippen LogP contribution in [0.15, 0.2) is 42.6 Å². The maximum atomic E-state index is 13.4. The van der Waals surface area contributed by atoms with Crippen LogP contribution in [-0.4, -0.2) is 33.5 Å². The number of ether oxygens (including phenoxy) is 1. The molecule has 0 unspecified atom stereocenters. The molecule has 0 radical (unpaired) electrons. The Hall–Kier alpha value is -3.94. The molecule has 0 bridgehead atoms. The molecule has 3 rings (SSSR count). The minimum Gasteiger partial charge on any atom is -0.484 e. The van der Waals surface area contributed by atoms with Gasteiger partial charge in [0.05, 0.1) is 18.7 Å². The number of hydrogen-bond acceptors (Lipinski definition) is 5. The summed E-state index contributed by atoms with van der Waals surface area (Å²) in [4.78, 5) is 16.3. The molecule has 172 valence electrons. The van der Waals surface area contributed by atoms with E-state index in [-0.39, 0.29) is 36.1 Å².